The van der Waals surface area contributed by atoms with E-state index in [-0.39, 0.29) is 23.8 Å². The van der Waals surface area contributed by atoms with Gasteiger partial charge in [0.1, 0.15) is 5.82 Å². The summed E-state index contributed by atoms with van der Waals surface area (Å²) in [4.78, 5) is 14.1. The number of hydrogen-bond acceptors (Lipinski definition) is 3. The molecule has 2 unspecified atom stereocenters. The van der Waals surface area contributed by atoms with E-state index >= 15 is 0 Å². The first-order chi connectivity index (χ1) is 8.63. The standard InChI is InChI=1S/C13H15FN2O2/c14-11-4-1-8(5-12(11)15)13(17)16-6-9-2-3-10(7-16)18-9/h1,4-5,9-10H,2-3,6-7,15H2. The summed E-state index contributed by atoms with van der Waals surface area (Å²) in [5, 5.41) is 0. The highest BCUT2D eigenvalue weighted by atomic mass is 19.1. The van der Waals surface area contributed by atoms with Crippen LogP contribution in [0.2, 0.25) is 0 Å². The second-order valence-electron chi connectivity index (χ2n) is 4.90. The number of carbonyl (C=O) groups excluding carboxylic acids is 1. The molecule has 2 heterocycles. The number of halogens is 1. The average molecular weight is 250 g/mol. The number of hydrogen-bond donors (Lipinski definition) is 1. The van der Waals surface area contributed by atoms with E-state index in [1.165, 1.54) is 18.2 Å². The number of carbonyl (C=O) groups is 1. The Kier molecular flexibility index (Phi) is 2.70. The lowest BCUT2D eigenvalue weighted by molar-refractivity contribution is -0.0303. The molecule has 0 saturated carbocycles. The molecule has 2 fully saturated rings. The van der Waals surface area contributed by atoms with Crippen molar-refractivity contribution >= 4 is 11.6 Å². The first-order valence-electron chi connectivity index (χ1n) is 6.13. The largest absolute Gasteiger partial charge is 0.396 e. The summed E-state index contributed by atoms with van der Waals surface area (Å²) in [6, 6.07) is 4.11. The van der Waals surface area contributed by atoms with Crippen molar-refractivity contribution in [1.29, 1.82) is 0 Å². The molecule has 2 saturated heterocycles. The van der Waals surface area contributed by atoms with Crippen LogP contribution in [0.3, 0.4) is 0 Å². The van der Waals surface area contributed by atoms with Gasteiger partial charge in [-0.25, -0.2) is 4.39 Å². The third-order valence-electron chi connectivity index (χ3n) is 3.57. The number of benzene rings is 1. The lowest BCUT2D eigenvalue weighted by Crippen LogP contribution is -2.45. The normalized spacial score (nSPS) is 26.4. The van der Waals surface area contributed by atoms with Gasteiger partial charge in [0.05, 0.1) is 17.9 Å². The Morgan fingerprint density at radius 3 is 2.61 bits per heavy atom. The van der Waals surface area contributed by atoms with Gasteiger partial charge in [-0.3, -0.25) is 4.79 Å². The monoisotopic (exact) mass is 250 g/mol. The molecular weight excluding hydrogens is 235 g/mol. The van der Waals surface area contributed by atoms with Gasteiger partial charge >= 0.3 is 0 Å². The number of anilines is 1. The maximum atomic E-state index is 13.1. The molecule has 1 aromatic carbocycles. The van der Waals surface area contributed by atoms with Crippen LogP contribution in [0.25, 0.3) is 0 Å². The number of rotatable bonds is 1. The minimum Gasteiger partial charge on any atom is -0.396 e. The summed E-state index contributed by atoms with van der Waals surface area (Å²) in [6.07, 6.45) is 2.34. The molecule has 5 heteroatoms. The summed E-state index contributed by atoms with van der Waals surface area (Å²) in [7, 11) is 0. The van der Waals surface area contributed by atoms with Gasteiger partial charge in [0.25, 0.3) is 5.91 Å². The Hall–Kier alpha value is -1.62. The third-order valence-corrected chi connectivity index (χ3v) is 3.57. The molecule has 0 spiro atoms. The summed E-state index contributed by atoms with van der Waals surface area (Å²) in [5.41, 5.74) is 5.94. The molecule has 96 valence electrons. The van der Waals surface area contributed by atoms with E-state index in [1.807, 2.05) is 0 Å². The van der Waals surface area contributed by atoms with Crippen LogP contribution >= 0.6 is 0 Å². The molecule has 1 amide bonds. The fourth-order valence-corrected chi connectivity index (χ4v) is 2.64. The van der Waals surface area contributed by atoms with Crippen LogP contribution in [0.1, 0.15) is 23.2 Å². The van der Waals surface area contributed by atoms with Crippen molar-refractivity contribution in [3.63, 3.8) is 0 Å². The predicted octanol–water partition coefficient (Wildman–Crippen LogP) is 1.41. The molecule has 1 aromatic rings. The Morgan fingerprint density at radius 2 is 2.00 bits per heavy atom. The van der Waals surface area contributed by atoms with Crippen LogP contribution in [-0.4, -0.2) is 36.1 Å². The number of nitrogen functional groups attached to an aromatic ring is 1. The van der Waals surface area contributed by atoms with Gasteiger partial charge in [-0.15, -0.1) is 0 Å². The Labute approximate surface area is 105 Å². The third kappa shape index (κ3) is 1.95. The molecule has 0 radical (unpaired) electrons. The smallest absolute Gasteiger partial charge is 0.254 e. The molecule has 2 N–H and O–H groups in total. The van der Waals surface area contributed by atoms with Crippen LogP contribution in [0, 0.1) is 5.82 Å². The Bertz CT molecular complexity index is 480. The highest BCUT2D eigenvalue weighted by molar-refractivity contribution is 5.95. The molecule has 2 atom stereocenters. The molecular formula is C13H15FN2O2. The van der Waals surface area contributed by atoms with E-state index in [0.717, 1.165) is 12.8 Å². The van der Waals surface area contributed by atoms with Gasteiger partial charge < -0.3 is 15.4 Å². The van der Waals surface area contributed by atoms with Crippen molar-refractivity contribution in [2.24, 2.45) is 0 Å². The lowest BCUT2D eigenvalue weighted by Gasteiger charge is -2.32. The summed E-state index contributed by atoms with van der Waals surface area (Å²) >= 11 is 0. The van der Waals surface area contributed by atoms with Crippen LogP contribution in [0.5, 0.6) is 0 Å². The van der Waals surface area contributed by atoms with Gasteiger partial charge in [0, 0.05) is 18.7 Å². The van der Waals surface area contributed by atoms with E-state index in [0.29, 0.717) is 18.7 Å². The number of nitrogens with two attached hydrogens (primary N) is 1. The minimum absolute atomic E-state index is 0.0112. The maximum absolute atomic E-state index is 13.1. The van der Waals surface area contributed by atoms with Crippen molar-refractivity contribution < 1.29 is 13.9 Å². The minimum atomic E-state index is -0.492. The lowest BCUT2D eigenvalue weighted by atomic mass is 10.1. The zero-order valence-electron chi connectivity index (χ0n) is 9.93. The highest BCUT2D eigenvalue weighted by Gasteiger charge is 2.35. The SMILES string of the molecule is Nc1cc(C(=O)N2CC3CCC(C2)O3)ccc1F. The van der Waals surface area contributed by atoms with Gasteiger partial charge in [-0.05, 0) is 31.0 Å². The zero-order chi connectivity index (χ0) is 12.7. The molecule has 3 rings (SSSR count). The fraction of sp³-hybridized carbons (Fsp3) is 0.462. The molecule has 2 aliphatic rings. The second-order valence-corrected chi connectivity index (χ2v) is 4.90. The Morgan fingerprint density at radius 1 is 1.33 bits per heavy atom. The number of ether oxygens (including phenoxy) is 1. The molecule has 4 nitrogen and oxygen atoms in total. The van der Waals surface area contributed by atoms with Gasteiger partial charge in [0.15, 0.2) is 0 Å². The van der Waals surface area contributed by atoms with Crippen molar-refractivity contribution in [2.75, 3.05) is 18.8 Å². The van der Waals surface area contributed by atoms with Crippen molar-refractivity contribution in [1.82, 2.24) is 4.90 Å². The van der Waals surface area contributed by atoms with Crippen molar-refractivity contribution in [3.8, 4) is 0 Å². The first kappa shape index (κ1) is 11.5. The van der Waals surface area contributed by atoms with E-state index in [2.05, 4.69) is 0 Å². The Balaban J connectivity index is 1.79. The van der Waals surface area contributed by atoms with E-state index < -0.39 is 5.82 Å². The topological polar surface area (TPSA) is 55.6 Å². The quantitative estimate of drug-likeness (QED) is 0.767. The van der Waals surface area contributed by atoms with Gasteiger partial charge in [0.2, 0.25) is 0 Å². The van der Waals surface area contributed by atoms with Gasteiger partial charge in [-0.1, -0.05) is 0 Å². The number of amides is 1. The van der Waals surface area contributed by atoms with E-state index in [1.54, 1.807) is 4.90 Å². The van der Waals surface area contributed by atoms with E-state index in [9.17, 15) is 9.18 Å². The molecule has 2 bridgehead atoms. The average Bonchev–Trinajstić information content (AvgIpc) is 2.71. The summed E-state index contributed by atoms with van der Waals surface area (Å²) < 4.78 is 18.7. The van der Waals surface area contributed by atoms with Crippen LogP contribution in [0.4, 0.5) is 10.1 Å². The fourth-order valence-electron chi connectivity index (χ4n) is 2.64. The number of likely N-dealkylation sites (tertiary alicyclic amines) is 1. The van der Waals surface area contributed by atoms with Crippen LogP contribution in [-0.2, 0) is 4.74 Å². The number of morpholine rings is 1. The van der Waals surface area contributed by atoms with Crippen molar-refractivity contribution in [3.05, 3.63) is 29.6 Å². The summed E-state index contributed by atoms with van der Waals surface area (Å²) in [5.74, 6) is -0.588. The molecule has 2 aliphatic heterocycles. The van der Waals surface area contributed by atoms with Crippen LogP contribution < -0.4 is 5.73 Å². The zero-order valence-corrected chi connectivity index (χ0v) is 9.93. The molecule has 0 aromatic heterocycles. The van der Waals surface area contributed by atoms with E-state index in [4.69, 9.17) is 10.5 Å². The van der Waals surface area contributed by atoms with Gasteiger partial charge in [-0.2, -0.15) is 0 Å². The first-order valence-corrected chi connectivity index (χ1v) is 6.13. The molecule has 0 aliphatic carbocycles. The van der Waals surface area contributed by atoms with Crippen molar-refractivity contribution in [2.45, 2.75) is 25.0 Å². The predicted molar refractivity (Wildman–Crippen MR) is 64.6 cm³/mol. The highest BCUT2D eigenvalue weighted by Crippen LogP contribution is 2.27. The molecule has 18 heavy (non-hydrogen) atoms. The maximum Gasteiger partial charge on any atom is 0.254 e. The number of fused-ring (bicyclic) bond motifs is 2. The summed E-state index contributed by atoms with van der Waals surface area (Å²) in [6.45, 7) is 1.24. The van der Waals surface area contributed by atoms with Crippen LogP contribution in [0.15, 0.2) is 18.2 Å². The second kappa shape index (κ2) is 4.24. The number of nitrogens with zero attached hydrogens (tertiary/aromatic N) is 1.